The van der Waals surface area contributed by atoms with Crippen LogP contribution in [-0.4, -0.2) is 43.3 Å². The predicted octanol–water partition coefficient (Wildman–Crippen LogP) is 3.98. The van der Waals surface area contributed by atoms with Gasteiger partial charge in [0.2, 0.25) is 0 Å². The second-order valence-corrected chi connectivity index (χ2v) is 9.03. The molecule has 152 valence electrons. The zero-order valence-electron chi connectivity index (χ0n) is 15.9. The van der Waals surface area contributed by atoms with Gasteiger partial charge in [-0.1, -0.05) is 24.3 Å². The number of aliphatic imine (C=N–C) groups is 1. The summed E-state index contributed by atoms with van der Waals surface area (Å²) in [6.45, 7) is 2.32. The van der Waals surface area contributed by atoms with Crippen molar-refractivity contribution in [3.8, 4) is 0 Å². The zero-order valence-corrected chi connectivity index (χ0v) is 19.9. The largest absolute Gasteiger partial charge is 0.356 e. The molecule has 2 aromatic rings. The Kier molecular flexibility index (Phi) is 9.60. The van der Waals surface area contributed by atoms with E-state index in [-0.39, 0.29) is 34.6 Å². The number of benzene rings is 1. The van der Waals surface area contributed by atoms with Gasteiger partial charge in [-0.2, -0.15) is 0 Å². The molecule has 0 radical (unpaired) electrons. The minimum absolute atomic E-state index is 0. The number of hydrogen-bond acceptors (Lipinski definition) is 4. The van der Waals surface area contributed by atoms with Crippen LogP contribution in [0, 0.1) is 0 Å². The maximum Gasteiger partial charge on any atom is 0.261 e. The summed E-state index contributed by atoms with van der Waals surface area (Å²) in [6.07, 6.45) is 3.30. The van der Waals surface area contributed by atoms with Crippen molar-refractivity contribution in [3.63, 3.8) is 0 Å². The van der Waals surface area contributed by atoms with E-state index in [1.807, 2.05) is 29.3 Å². The molecule has 1 aliphatic rings. The van der Waals surface area contributed by atoms with Crippen molar-refractivity contribution in [1.29, 1.82) is 0 Å². The van der Waals surface area contributed by atoms with Crippen molar-refractivity contribution in [2.45, 2.75) is 28.9 Å². The Labute approximate surface area is 192 Å². The van der Waals surface area contributed by atoms with Crippen molar-refractivity contribution in [2.75, 3.05) is 26.7 Å². The number of halogens is 1. The van der Waals surface area contributed by atoms with E-state index in [1.165, 1.54) is 29.1 Å². The number of thioether (sulfide) groups is 1. The third kappa shape index (κ3) is 7.29. The molecular weight excluding hydrogens is 503 g/mol. The Morgan fingerprint density at radius 2 is 1.86 bits per heavy atom. The van der Waals surface area contributed by atoms with E-state index in [0.717, 1.165) is 30.3 Å². The number of amides is 1. The lowest BCUT2D eigenvalue weighted by molar-refractivity contribution is 0.0957. The second-order valence-electron chi connectivity index (χ2n) is 6.54. The van der Waals surface area contributed by atoms with Gasteiger partial charge in [0.25, 0.3) is 5.91 Å². The smallest absolute Gasteiger partial charge is 0.261 e. The molecule has 28 heavy (non-hydrogen) atoms. The van der Waals surface area contributed by atoms with Crippen LogP contribution in [0.5, 0.6) is 0 Å². The van der Waals surface area contributed by atoms with Gasteiger partial charge in [0.05, 0.1) is 4.88 Å². The van der Waals surface area contributed by atoms with Crippen LogP contribution in [-0.2, 0) is 0 Å². The normalized spacial score (nSPS) is 14.7. The van der Waals surface area contributed by atoms with E-state index in [4.69, 9.17) is 0 Å². The lowest BCUT2D eigenvalue weighted by Crippen LogP contribution is -2.42. The third-order valence-corrected chi connectivity index (χ3v) is 6.73. The van der Waals surface area contributed by atoms with Gasteiger partial charge in [0, 0.05) is 36.3 Å². The maximum atomic E-state index is 11.9. The number of hydrogen-bond donors (Lipinski definition) is 3. The van der Waals surface area contributed by atoms with E-state index < -0.39 is 0 Å². The Bertz CT molecular complexity index is 749. The van der Waals surface area contributed by atoms with Gasteiger partial charge in [-0.05, 0) is 42.8 Å². The molecule has 3 rings (SSSR count). The lowest BCUT2D eigenvalue weighted by Gasteiger charge is -2.18. The molecule has 0 aliphatic heterocycles. The fraction of sp³-hybridized carbons (Fsp3) is 0.400. The first-order valence-electron chi connectivity index (χ1n) is 9.21. The number of rotatable bonds is 9. The van der Waals surface area contributed by atoms with Gasteiger partial charge >= 0.3 is 0 Å². The van der Waals surface area contributed by atoms with Crippen molar-refractivity contribution < 1.29 is 4.79 Å². The van der Waals surface area contributed by atoms with E-state index >= 15 is 0 Å². The van der Waals surface area contributed by atoms with Crippen LogP contribution < -0.4 is 16.0 Å². The number of guanidine groups is 1. The van der Waals surface area contributed by atoms with Crippen LogP contribution in [0.2, 0.25) is 0 Å². The van der Waals surface area contributed by atoms with Crippen molar-refractivity contribution >= 4 is 58.9 Å². The van der Waals surface area contributed by atoms with Crippen molar-refractivity contribution in [1.82, 2.24) is 16.0 Å². The van der Waals surface area contributed by atoms with E-state index in [2.05, 4.69) is 51.3 Å². The second kappa shape index (κ2) is 11.7. The third-order valence-electron chi connectivity index (χ3n) is 4.36. The SMILES string of the molecule is CN=C(NCCCNC(=O)c1cccs1)NCC1(Sc2ccccc2)CC1.I. The Morgan fingerprint density at radius 3 is 2.50 bits per heavy atom. The highest BCUT2D eigenvalue weighted by atomic mass is 127. The fourth-order valence-electron chi connectivity index (χ4n) is 2.65. The van der Waals surface area contributed by atoms with Gasteiger partial charge in [0.15, 0.2) is 5.96 Å². The summed E-state index contributed by atoms with van der Waals surface area (Å²) in [5.74, 6) is 0.820. The van der Waals surface area contributed by atoms with Crippen LogP contribution in [0.3, 0.4) is 0 Å². The van der Waals surface area contributed by atoms with Gasteiger partial charge in [-0.15, -0.1) is 47.1 Å². The molecule has 1 amide bonds. The summed E-state index contributed by atoms with van der Waals surface area (Å²) in [5, 5.41) is 11.6. The standard InChI is InChI=1S/C20H26N4OS2.HI/c1-21-19(23-13-6-12-22-18(25)17-9-5-14-26-17)24-15-20(10-11-20)27-16-7-3-2-4-8-16;/h2-5,7-9,14H,6,10-13,15H2,1H3,(H,22,25)(H2,21,23,24);1H. The quantitative estimate of drug-likeness (QED) is 0.199. The highest BCUT2D eigenvalue weighted by Gasteiger charge is 2.43. The molecule has 5 nitrogen and oxygen atoms in total. The first-order valence-corrected chi connectivity index (χ1v) is 10.9. The molecule has 1 aromatic carbocycles. The van der Waals surface area contributed by atoms with Crippen molar-refractivity contribution in [2.24, 2.45) is 4.99 Å². The van der Waals surface area contributed by atoms with E-state index in [9.17, 15) is 4.79 Å². The molecule has 1 fully saturated rings. The summed E-state index contributed by atoms with van der Waals surface area (Å²) in [7, 11) is 1.79. The summed E-state index contributed by atoms with van der Waals surface area (Å²) >= 11 is 3.41. The molecule has 0 spiro atoms. The molecule has 3 N–H and O–H groups in total. The minimum atomic E-state index is 0. The summed E-state index contributed by atoms with van der Waals surface area (Å²) in [6, 6.07) is 14.3. The Hall–Kier alpha value is -1.26. The van der Waals surface area contributed by atoms with Gasteiger partial charge in [-0.3, -0.25) is 9.79 Å². The monoisotopic (exact) mass is 530 g/mol. The maximum absolute atomic E-state index is 11.9. The molecule has 0 bridgehead atoms. The fourth-order valence-corrected chi connectivity index (χ4v) is 4.53. The van der Waals surface area contributed by atoms with Crippen molar-refractivity contribution in [3.05, 3.63) is 52.7 Å². The average Bonchev–Trinajstić information content (AvgIpc) is 3.22. The van der Waals surface area contributed by atoms with Gasteiger partial charge < -0.3 is 16.0 Å². The van der Waals surface area contributed by atoms with Crippen LogP contribution in [0.1, 0.15) is 28.9 Å². The Balaban J connectivity index is 0.00000280. The van der Waals surface area contributed by atoms with Crippen LogP contribution in [0.4, 0.5) is 0 Å². The molecular formula is C20H27IN4OS2. The predicted molar refractivity (Wildman–Crippen MR) is 130 cm³/mol. The first-order chi connectivity index (χ1) is 13.2. The van der Waals surface area contributed by atoms with Gasteiger partial charge in [0.1, 0.15) is 0 Å². The van der Waals surface area contributed by atoms with E-state index in [0.29, 0.717) is 6.54 Å². The lowest BCUT2D eigenvalue weighted by atomic mass is 10.4. The molecule has 0 unspecified atom stereocenters. The van der Waals surface area contributed by atoms with E-state index in [1.54, 1.807) is 7.05 Å². The first kappa shape index (κ1) is 23.0. The minimum Gasteiger partial charge on any atom is -0.356 e. The molecule has 1 aliphatic carbocycles. The highest BCUT2D eigenvalue weighted by molar-refractivity contribution is 14.0. The van der Waals surface area contributed by atoms with Crippen LogP contribution in [0.25, 0.3) is 0 Å². The number of nitrogens with one attached hydrogen (secondary N) is 3. The average molecular weight is 531 g/mol. The summed E-state index contributed by atoms with van der Waals surface area (Å²) < 4.78 is 0.285. The molecule has 1 heterocycles. The summed E-state index contributed by atoms with van der Waals surface area (Å²) in [4.78, 5) is 18.2. The molecule has 0 saturated heterocycles. The molecule has 8 heteroatoms. The number of thiophene rings is 1. The summed E-state index contributed by atoms with van der Waals surface area (Å²) in [5.41, 5.74) is 0. The molecule has 1 saturated carbocycles. The topological polar surface area (TPSA) is 65.5 Å². The number of carbonyl (C=O) groups is 1. The Morgan fingerprint density at radius 1 is 1.11 bits per heavy atom. The number of carbonyl (C=O) groups excluding carboxylic acids is 1. The molecule has 0 atom stereocenters. The zero-order chi connectivity index (χ0) is 19.0. The number of nitrogens with zero attached hydrogens (tertiary/aromatic N) is 1. The van der Waals surface area contributed by atoms with Gasteiger partial charge in [-0.25, -0.2) is 0 Å². The highest BCUT2D eigenvalue weighted by Crippen LogP contribution is 2.51. The molecule has 1 aromatic heterocycles. The van der Waals surface area contributed by atoms with Crippen LogP contribution in [0.15, 0.2) is 57.7 Å². The van der Waals surface area contributed by atoms with Crippen LogP contribution >= 0.6 is 47.1 Å².